The maximum atomic E-state index is 13.8. The molecule has 1 aromatic heterocycles. The molecule has 1 aliphatic heterocycles. The van der Waals surface area contributed by atoms with Crippen LogP contribution in [-0.2, 0) is 11.3 Å². The zero-order chi connectivity index (χ0) is 18.0. The van der Waals surface area contributed by atoms with Gasteiger partial charge in [-0.1, -0.05) is 10.6 Å². The van der Waals surface area contributed by atoms with Gasteiger partial charge in [0.25, 0.3) is 5.91 Å². The molecule has 3 rings (SSSR count). The molecule has 1 aromatic carbocycles. The summed E-state index contributed by atoms with van der Waals surface area (Å²) in [5.74, 6) is -2.02. The van der Waals surface area contributed by atoms with Crippen molar-refractivity contribution in [3.05, 3.63) is 46.0 Å². The molecule has 2 amide bonds. The fraction of sp³-hybridized carbons (Fsp3) is 0.375. The lowest BCUT2D eigenvalue weighted by Gasteiger charge is -2.32. The third-order valence-corrected chi connectivity index (χ3v) is 4.90. The predicted molar refractivity (Wildman–Crippen MR) is 86.9 cm³/mol. The molecular weight excluding hydrogens is 350 g/mol. The number of aryl methyl sites for hydroxylation is 1. The van der Waals surface area contributed by atoms with Gasteiger partial charge in [0.2, 0.25) is 5.91 Å². The van der Waals surface area contributed by atoms with Crippen LogP contribution in [0.25, 0.3) is 0 Å². The van der Waals surface area contributed by atoms with Gasteiger partial charge in [0.15, 0.2) is 0 Å². The van der Waals surface area contributed by atoms with E-state index in [1.807, 2.05) is 0 Å². The highest BCUT2D eigenvalue weighted by Crippen LogP contribution is 2.19. The number of carbonyl (C=O) groups excluding carboxylic acids is 2. The summed E-state index contributed by atoms with van der Waals surface area (Å²) in [6.45, 7) is 2.17. The van der Waals surface area contributed by atoms with E-state index in [0.29, 0.717) is 30.0 Å². The van der Waals surface area contributed by atoms with Crippen molar-refractivity contribution < 1.29 is 18.4 Å². The van der Waals surface area contributed by atoms with Crippen molar-refractivity contribution in [3.63, 3.8) is 0 Å². The molecule has 0 spiro atoms. The van der Waals surface area contributed by atoms with Gasteiger partial charge in [0, 0.05) is 24.7 Å². The highest BCUT2D eigenvalue weighted by atomic mass is 32.1. The van der Waals surface area contributed by atoms with Crippen LogP contribution in [0.3, 0.4) is 0 Å². The molecule has 6 nitrogen and oxygen atoms in total. The summed E-state index contributed by atoms with van der Waals surface area (Å²) in [7, 11) is 0. The Hall–Kier alpha value is -2.42. The van der Waals surface area contributed by atoms with Crippen LogP contribution in [-0.4, -0.2) is 38.9 Å². The van der Waals surface area contributed by atoms with Crippen molar-refractivity contribution in [2.45, 2.75) is 32.4 Å². The largest absolute Gasteiger partial charge is 0.339 e. The summed E-state index contributed by atoms with van der Waals surface area (Å²) in [6.07, 6.45) is 1.19. The van der Waals surface area contributed by atoms with Gasteiger partial charge in [-0.2, -0.15) is 0 Å². The van der Waals surface area contributed by atoms with Gasteiger partial charge in [-0.05, 0) is 37.4 Å². The van der Waals surface area contributed by atoms with Crippen molar-refractivity contribution in [1.82, 2.24) is 19.8 Å². The number of aromatic nitrogens is 2. The third-order valence-electron chi connectivity index (χ3n) is 4.07. The smallest absolute Gasteiger partial charge is 0.265 e. The molecule has 2 heterocycles. The van der Waals surface area contributed by atoms with E-state index in [1.165, 1.54) is 11.0 Å². The number of hydrogen-bond donors (Lipinski definition) is 1. The first-order valence-electron chi connectivity index (χ1n) is 7.78. The molecule has 1 aliphatic rings. The molecule has 1 unspecified atom stereocenters. The number of amides is 2. The Labute approximate surface area is 147 Å². The normalized spacial score (nSPS) is 17.6. The predicted octanol–water partition coefficient (Wildman–Crippen LogP) is 2.05. The quantitative estimate of drug-likeness (QED) is 0.899. The van der Waals surface area contributed by atoms with E-state index in [9.17, 15) is 18.4 Å². The van der Waals surface area contributed by atoms with Crippen LogP contribution in [0.15, 0.2) is 18.2 Å². The van der Waals surface area contributed by atoms with E-state index >= 15 is 0 Å². The molecule has 0 radical (unpaired) electrons. The van der Waals surface area contributed by atoms with E-state index in [-0.39, 0.29) is 23.9 Å². The van der Waals surface area contributed by atoms with E-state index in [2.05, 4.69) is 14.9 Å². The number of benzene rings is 1. The Bertz CT molecular complexity index is 811. The van der Waals surface area contributed by atoms with Crippen LogP contribution < -0.4 is 5.32 Å². The lowest BCUT2D eigenvalue weighted by Crippen LogP contribution is -2.51. The highest BCUT2D eigenvalue weighted by Gasteiger charge is 2.31. The van der Waals surface area contributed by atoms with Gasteiger partial charge in [-0.15, -0.1) is 5.10 Å². The van der Waals surface area contributed by atoms with Gasteiger partial charge in [-0.3, -0.25) is 9.59 Å². The fourth-order valence-electron chi connectivity index (χ4n) is 2.75. The average molecular weight is 366 g/mol. The van der Waals surface area contributed by atoms with Crippen molar-refractivity contribution in [2.75, 3.05) is 6.54 Å². The summed E-state index contributed by atoms with van der Waals surface area (Å²) in [5, 5.41) is 6.48. The van der Waals surface area contributed by atoms with Crippen LogP contribution in [0.1, 0.15) is 33.8 Å². The Morgan fingerprint density at radius 2 is 2.24 bits per heavy atom. The van der Waals surface area contributed by atoms with Gasteiger partial charge >= 0.3 is 0 Å². The van der Waals surface area contributed by atoms with Gasteiger partial charge in [-0.25, -0.2) is 8.78 Å². The standard InChI is InChI=1S/C16H16F2N4O2S/c1-9-14(25-21-20-9)15(23)19-13-3-2-6-22(16(13)24)8-10-4-5-11(17)7-12(10)18/h4-5,7,13H,2-3,6,8H2,1H3,(H,19,23). The van der Waals surface area contributed by atoms with E-state index in [4.69, 9.17) is 0 Å². The first-order valence-corrected chi connectivity index (χ1v) is 8.55. The number of halogens is 2. The molecule has 0 bridgehead atoms. The minimum absolute atomic E-state index is 0.0401. The van der Waals surface area contributed by atoms with E-state index in [0.717, 1.165) is 23.7 Å². The molecule has 25 heavy (non-hydrogen) atoms. The first-order chi connectivity index (χ1) is 12.0. The minimum Gasteiger partial charge on any atom is -0.339 e. The molecule has 132 valence electrons. The summed E-state index contributed by atoms with van der Waals surface area (Å²) in [4.78, 5) is 26.7. The molecule has 9 heteroatoms. The third kappa shape index (κ3) is 3.81. The Kier molecular flexibility index (Phi) is 5.03. The first kappa shape index (κ1) is 17.4. The van der Waals surface area contributed by atoms with Crippen molar-refractivity contribution in [2.24, 2.45) is 0 Å². The summed E-state index contributed by atoms with van der Waals surface area (Å²) in [6, 6.07) is 2.60. The van der Waals surface area contributed by atoms with Crippen LogP contribution in [0.4, 0.5) is 8.78 Å². The fourth-order valence-corrected chi connectivity index (χ4v) is 3.31. The Balaban J connectivity index is 1.68. The lowest BCUT2D eigenvalue weighted by molar-refractivity contribution is -0.136. The monoisotopic (exact) mass is 366 g/mol. The Morgan fingerprint density at radius 3 is 2.92 bits per heavy atom. The molecular formula is C16H16F2N4O2S. The van der Waals surface area contributed by atoms with Gasteiger partial charge < -0.3 is 10.2 Å². The molecule has 0 aliphatic carbocycles. The second kappa shape index (κ2) is 7.22. The number of nitrogens with one attached hydrogen (secondary N) is 1. The van der Waals surface area contributed by atoms with E-state index < -0.39 is 17.7 Å². The number of hydrogen-bond acceptors (Lipinski definition) is 5. The number of piperidine rings is 1. The molecule has 0 saturated carbocycles. The Morgan fingerprint density at radius 1 is 1.44 bits per heavy atom. The number of rotatable bonds is 4. The van der Waals surface area contributed by atoms with Crippen LogP contribution in [0.2, 0.25) is 0 Å². The van der Waals surface area contributed by atoms with Crippen molar-refractivity contribution in [3.8, 4) is 0 Å². The second-order valence-electron chi connectivity index (χ2n) is 5.85. The maximum Gasteiger partial charge on any atom is 0.265 e. The number of nitrogens with zero attached hydrogens (tertiary/aromatic N) is 3. The van der Waals surface area contributed by atoms with Crippen LogP contribution in [0, 0.1) is 18.6 Å². The molecule has 1 saturated heterocycles. The van der Waals surface area contributed by atoms with Crippen molar-refractivity contribution >= 4 is 23.3 Å². The minimum atomic E-state index is -0.690. The average Bonchev–Trinajstić information content (AvgIpc) is 3.00. The maximum absolute atomic E-state index is 13.8. The SMILES string of the molecule is Cc1nnsc1C(=O)NC1CCCN(Cc2ccc(F)cc2F)C1=O. The highest BCUT2D eigenvalue weighted by molar-refractivity contribution is 7.08. The van der Waals surface area contributed by atoms with Crippen molar-refractivity contribution in [1.29, 1.82) is 0 Å². The van der Waals surface area contributed by atoms with E-state index in [1.54, 1.807) is 6.92 Å². The number of carbonyl (C=O) groups is 2. The molecule has 1 fully saturated rings. The zero-order valence-corrected chi connectivity index (χ0v) is 14.3. The second-order valence-corrected chi connectivity index (χ2v) is 6.61. The molecule has 2 aromatic rings. The van der Waals surface area contributed by atoms with Gasteiger partial charge in [0.1, 0.15) is 22.6 Å². The summed E-state index contributed by atoms with van der Waals surface area (Å²) in [5.41, 5.74) is 0.750. The lowest BCUT2D eigenvalue weighted by atomic mass is 10.0. The summed E-state index contributed by atoms with van der Waals surface area (Å²) < 4.78 is 30.5. The zero-order valence-electron chi connectivity index (χ0n) is 13.5. The van der Waals surface area contributed by atoms with Gasteiger partial charge in [0.05, 0.1) is 5.69 Å². The van der Waals surface area contributed by atoms with Crippen LogP contribution in [0.5, 0.6) is 0 Å². The van der Waals surface area contributed by atoms with Crippen LogP contribution >= 0.6 is 11.5 Å². The topological polar surface area (TPSA) is 75.2 Å². The molecule has 1 N–H and O–H groups in total. The number of likely N-dealkylation sites (tertiary alicyclic amines) is 1. The summed E-state index contributed by atoms with van der Waals surface area (Å²) >= 11 is 0.971. The molecule has 1 atom stereocenters.